The summed E-state index contributed by atoms with van der Waals surface area (Å²) in [7, 11) is 7.14. The van der Waals surface area contributed by atoms with Crippen LogP contribution in [-0.2, 0) is 29.1 Å². The Bertz CT molecular complexity index is 1110. The topological polar surface area (TPSA) is 81.7 Å². The summed E-state index contributed by atoms with van der Waals surface area (Å²) >= 11 is 0. The van der Waals surface area contributed by atoms with E-state index in [4.69, 9.17) is 23.7 Å². The molecule has 0 spiro atoms. The Kier molecular flexibility index (Phi) is 12.4. The first-order valence-electron chi connectivity index (χ1n) is 12.8. The second kappa shape index (κ2) is 16.2. The number of nitrogens with zero attached hydrogens (tertiary/aromatic N) is 2. The molecule has 0 heterocycles. The summed E-state index contributed by atoms with van der Waals surface area (Å²) in [5.74, 6) is 2.25. The lowest BCUT2D eigenvalue weighted by molar-refractivity contribution is 0.0426. The van der Waals surface area contributed by atoms with Crippen molar-refractivity contribution in [1.29, 1.82) is 0 Å². The molecule has 0 fully saturated rings. The molecule has 9 heteroatoms. The Morgan fingerprint density at radius 2 is 1.26 bits per heavy atom. The molecule has 0 aliphatic carbocycles. The van der Waals surface area contributed by atoms with Gasteiger partial charge in [0.25, 0.3) is 0 Å². The Hall–Kier alpha value is -3.79. The van der Waals surface area contributed by atoms with Gasteiger partial charge in [-0.3, -0.25) is 15.3 Å². The maximum Gasteiger partial charge on any atom is 0.410 e. The smallest absolute Gasteiger partial charge is 0.410 e. The fraction of sp³-hybridized carbons (Fsp3) is 0.367. The molecule has 0 aliphatic heterocycles. The summed E-state index contributed by atoms with van der Waals surface area (Å²) < 4.78 is 27.6. The number of carbonyl (C=O) groups is 1. The largest absolute Gasteiger partial charge is 0.497 e. The van der Waals surface area contributed by atoms with E-state index in [1.165, 1.54) is 0 Å². The number of hydrogen-bond acceptors (Lipinski definition) is 8. The first kappa shape index (κ1) is 29.8. The second-order valence-electron chi connectivity index (χ2n) is 9.01. The van der Waals surface area contributed by atoms with Gasteiger partial charge in [-0.05, 0) is 53.1 Å². The third kappa shape index (κ3) is 10.8. The van der Waals surface area contributed by atoms with Crippen LogP contribution in [0.3, 0.4) is 0 Å². The van der Waals surface area contributed by atoms with Crippen LogP contribution < -0.4 is 19.6 Å². The van der Waals surface area contributed by atoms with Gasteiger partial charge in [-0.2, -0.15) is 0 Å². The van der Waals surface area contributed by atoms with E-state index >= 15 is 0 Å². The number of carbonyl (C=O) groups excluding carboxylic acids is 1. The van der Waals surface area contributed by atoms with E-state index < -0.39 is 6.09 Å². The van der Waals surface area contributed by atoms with Crippen molar-refractivity contribution in [2.45, 2.75) is 19.6 Å². The van der Waals surface area contributed by atoms with Gasteiger partial charge in [-0.1, -0.05) is 36.4 Å². The zero-order chi connectivity index (χ0) is 27.9. The minimum Gasteiger partial charge on any atom is -0.497 e. The molecule has 0 atom stereocenters. The number of hydrazine groups is 1. The van der Waals surface area contributed by atoms with Crippen molar-refractivity contribution in [1.82, 2.24) is 15.3 Å². The molecule has 1 amide bonds. The van der Waals surface area contributed by atoms with Crippen molar-refractivity contribution in [2.75, 3.05) is 54.7 Å². The van der Waals surface area contributed by atoms with Crippen molar-refractivity contribution in [3.63, 3.8) is 0 Å². The lowest BCUT2D eigenvalue weighted by Gasteiger charge is -2.23. The summed E-state index contributed by atoms with van der Waals surface area (Å²) in [6.07, 6.45) is -0.427. The zero-order valence-electron chi connectivity index (χ0n) is 23.2. The molecule has 1 N–H and O–H groups in total. The summed E-state index contributed by atoms with van der Waals surface area (Å²) in [5, 5.41) is 1.91. The third-order valence-electron chi connectivity index (χ3n) is 5.72. The highest BCUT2D eigenvalue weighted by molar-refractivity contribution is 5.67. The monoisotopic (exact) mass is 537 g/mol. The average Bonchev–Trinajstić information content (AvgIpc) is 2.95. The van der Waals surface area contributed by atoms with Crippen molar-refractivity contribution in [3.8, 4) is 17.2 Å². The minimum absolute atomic E-state index is 0.136. The van der Waals surface area contributed by atoms with Gasteiger partial charge in [0.15, 0.2) is 0 Å². The van der Waals surface area contributed by atoms with Crippen molar-refractivity contribution in [2.24, 2.45) is 0 Å². The fourth-order valence-corrected chi connectivity index (χ4v) is 3.76. The number of hydrogen-bond donors (Lipinski definition) is 1. The number of methoxy groups -OCH3 is 2. The minimum atomic E-state index is -0.427. The molecule has 0 bridgehead atoms. The van der Waals surface area contributed by atoms with Crippen LogP contribution in [0, 0.1) is 0 Å². The molecule has 3 rings (SSSR count). The first-order chi connectivity index (χ1) is 19.0. The normalized spacial score (nSPS) is 10.8. The van der Waals surface area contributed by atoms with Gasteiger partial charge in [-0.25, -0.2) is 4.79 Å². The number of benzene rings is 3. The van der Waals surface area contributed by atoms with E-state index in [2.05, 4.69) is 5.43 Å². The molecule has 0 aliphatic rings. The van der Waals surface area contributed by atoms with Crippen LogP contribution in [-0.4, -0.2) is 70.7 Å². The zero-order valence-corrected chi connectivity index (χ0v) is 23.2. The van der Waals surface area contributed by atoms with Crippen LogP contribution >= 0.6 is 0 Å². The molecule has 210 valence electrons. The van der Waals surface area contributed by atoms with Gasteiger partial charge in [0.05, 0.1) is 27.4 Å². The first-order valence-corrected chi connectivity index (χ1v) is 12.8. The van der Waals surface area contributed by atoms with Crippen molar-refractivity contribution in [3.05, 3.63) is 89.5 Å². The van der Waals surface area contributed by atoms with Crippen molar-refractivity contribution >= 4 is 6.09 Å². The number of ether oxygens (including phenoxy) is 5. The maximum atomic E-state index is 13.0. The highest BCUT2D eigenvalue weighted by Gasteiger charge is 2.17. The summed E-state index contributed by atoms with van der Waals surface area (Å²) in [6, 6.07) is 23.2. The quantitative estimate of drug-likeness (QED) is 0.211. The molecule has 39 heavy (non-hydrogen) atoms. The summed E-state index contributed by atoms with van der Waals surface area (Å²) in [4.78, 5) is 14.7. The van der Waals surface area contributed by atoms with Crippen LogP contribution in [0.2, 0.25) is 0 Å². The van der Waals surface area contributed by atoms with E-state index in [0.29, 0.717) is 26.3 Å². The molecule has 0 saturated heterocycles. The Morgan fingerprint density at radius 1 is 0.718 bits per heavy atom. The summed E-state index contributed by atoms with van der Waals surface area (Å²) in [6.45, 7) is 2.64. The van der Waals surface area contributed by atoms with Crippen LogP contribution in [0.5, 0.6) is 17.2 Å². The number of rotatable bonds is 16. The van der Waals surface area contributed by atoms with Crippen LogP contribution in [0.25, 0.3) is 0 Å². The third-order valence-corrected chi connectivity index (χ3v) is 5.72. The van der Waals surface area contributed by atoms with Gasteiger partial charge in [0, 0.05) is 33.7 Å². The predicted molar refractivity (Wildman–Crippen MR) is 150 cm³/mol. The van der Waals surface area contributed by atoms with Gasteiger partial charge in [0.2, 0.25) is 0 Å². The van der Waals surface area contributed by atoms with E-state index in [0.717, 1.165) is 40.5 Å². The Balaban J connectivity index is 1.45. The van der Waals surface area contributed by atoms with Crippen LogP contribution in [0.1, 0.15) is 16.7 Å². The molecule has 0 radical (unpaired) electrons. The SMILES string of the molecule is COc1cccc(CN(Cc2cccc(OC)c2)C(=O)OCCOCCOc2cccc(CNN(C)C)c2)c1. The molecule has 3 aromatic rings. The highest BCUT2D eigenvalue weighted by atomic mass is 16.6. The highest BCUT2D eigenvalue weighted by Crippen LogP contribution is 2.19. The molecule has 0 unspecified atom stereocenters. The van der Waals surface area contributed by atoms with Gasteiger partial charge >= 0.3 is 6.09 Å². The molecule has 3 aromatic carbocycles. The summed E-state index contributed by atoms with van der Waals surface area (Å²) in [5.41, 5.74) is 6.23. The van der Waals surface area contributed by atoms with Crippen LogP contribution in [0.15, 0.2) is 72.8 Å². The molecule has 0 aromatic heterocycles. The van der Waals surface area contributed by atoms with E-state index in [9.17, 15) is 4.79 Å². The van der Waals surface area contributed by atoms with E-state index in [-0.39, 0.29) is 13.2 Å². The Morgan fingerprint density at radius 3 is 1.85 bits per heavy atom. The predicted octanol–water partition coefficient (Wildman–Crippen LogP) is 4.50. The second-order valence-corrected chi connectivity index (χ2v) is 9.01. The van der Waals surface area contributed by atoms with Crippen molar-refractivity contribution < 1.29 is 28.5 Å². The van der Waals surface area contributed by atoms with E-state index in [1.807, 2.05) is 91.9 Å². The maximum absolute atomic E-state index is 13.0. The Labute approximate surface area is 231 Å². The molecule has 0 saturated carbocycles. The molecule has 9 nitrogen and oxygen atoms in total. The van der Waals surface area contributed by atoms with E-state index in [1.54, 1.807) is 19.1 Å². The number of amides is 1. The molecular formula is C30H39N3O6. The van der Waals surface area contributed by atoms with Gasteiger partial charge in [0.1, 0.15) is 30.5 Å². The van der Waals surface area contributed by atoms with Gasteiger partial charge < -0.3 is 23.7 Å². The van der Waals surface area contributed by atoms with Crippen LogP contribution in [0.4, 0.5) is 4.79 Å². The van der Waals surface area contributed by atoms with Gasteiger partial charge in [-0.15, -0.1) is 0 Å². The standard InChI is InChI=1S/C30H39N3O6/c1-32(2)31-21-24-8-5-13-29(18-24)38-16-14-37-15-17-39-30(34)33(22-25-9-6-11-27(19-25)35-3)23-26-10-7-12-28(20-26)36-4/h5-13,18-20,31H,14-17,21-23H2,1-4H3. The average molecular weight is 538 g/mol. The lowest BCUT2D eigenvalue weighted by Crippen LogP contribution is -2.31. The lowest BCUT2D eigenvalue weighted by atomic mass is 10.1. The molecular weight excluding hydrogens is 498 g/mol. The number of nitrogens with one attached hydrogen (secondary N) is 1. The fourth-order valence-electron chi connectivity index (χ4n) is 3.76.